The molecule has 4 nitrogen and oxygen atoms in total. The second kappa shape index (κ2) is 6.56. The van der Waals surface area contributed by atoms with E-state index in [1.807, 2.05) is 0 Å². The molecule has 0 saturated carbocycles. The summed E-state index contributed by atoms with van der Waals surface area (Å²) in [6.07, 6.45) is 4.17. The largest absolute Gasteiger partial charge is 0.315 e. The van der Waals surface area contributed by atoms with E-state index in [0.29, 0.717) is 6.04 Å². The molecule has 4 heteroatoms. The van der Waals surface area contributed by atoms with E-state index < -0.39 is 0 Å². The smallest absolute Gasteiger partial charge is 0.150 e. The topological polar surface area (TPSA) is 53.6 Å². The Morgan fingerprint density at radius 1 is 1.33 bits per heavy atom. The van der Waals surface area contributed by atoms with Crippen LogP contribution in [0.2, 0.25) is 0 Å². The fourth-order valence-electron chi connectivity index (χ4n) is 1.43. The second-order valence-electron chi connectivity index (χ2n) is 4.16. The number of hydrogen-bond donors (Lipinski definition) is 2. The molecule has 1 aromatic rings. The molecule has 1 heterocycles. The van der Waals surface area contributed by atoms with Gasteiger partial charge in [0.1, 0.15) is 5.82 Å². The average molecular weight is 210 g/mol. The second-order valence-corrected chi connectivity index (χ2v) is 4.16. The molecule has 0 amide bonds. The first-order valence-corrected chi connectivity index (χ1v) is 5.86. The highest BCUT2D eigenvalue weighted by atomic mass is 15.2. The summed E-state index contributed by atoms with van der Waals surface area (Å²) in [7, 11) is 0. The van der Waals surface area contributed by atoms with Crippen LogP contribution in [-0.4, -0.2) is 27.8 Å². The molecule has 0 radical (unpaired) electrons. The van der Waals surface area contributed by atoms with Crippen molar-refractivity contribution in [1.29, 1.82) is 0 Å². The fourth-order valence-corrected chi connectivity index (χ4v) is 1.43. The molecule has 0 unspecified atom stereocenters. The highest BCUT2D eigenvalue weighted by molar-refractivity contribution is 4.90. The fraction of sp³-hybridized carbons (Fsp3) is 0.818. The van der Waals surface area contributed by atoms with Crippen molar-refractivity contribution in [2.24, 2.45) is 0 Å². The Balaban J connectivity index is 2.19. The molecular weight excluding hydrogens is 188 g/mol. The SMILES string of the molecule is CCCc1nc(CCCNC(C)C)n[nH]1. The normalized spacial score (nSPS) is 11.2. The molecule has 1 rings (SSSR count). The first-order valence-electron chi connectivity index (χ1n) is 5.86. The molecule has 2 N–H and O–H groups in total. The van der Waals surface area contributed by atoms with Crippen molar-refractivity contribution in [3.05, 3.63) is 11.6 Å². The van der Waals surface area contributed by atoms with Gasteiger partial charge in [-0.2, -0.15) is 5.10 Å². The van der Waals surface area contributed by atoms with Crippen LogP contribution in [0.3, 0.4) is 0 Å². The summed E-state index contributed by atoms with van der Waals surface area (Å²) in [5.41, 5.74) is 0. The van der Waals surface area contributed by atoms with Gasteiger partial charge in [-0.1, -0.05) is 20.8 Å². The molecule has 0 aliphatic carbocycles. The molecule has 0 spiro atoms. The summed E-state index contributed by atoms with van der Waals surface area (Å²) >= 11 is 0. The first kappa shape index (κ1) is 12.2. The van der Waals surface area contributed by atoms with Crippen LogP contribution in [0.4, 0.5) is 0 Å². The summed E-state index contributed by atoms with van der Waals surface area (Å²) in [5.74, 6) is 1.97. The van der Waals surface area contributed by atoms with Gasteiger partial charge in [-0.05, 0) is 19.4 Å². The number of nitrogens with zero attached hydrogens (tertiary/aromatic N) is 2. The molecule has 0 aromatic carbocycles. The summed E-state index contributed by atoms with van der Waals surface area (Å²) in [4.78, 5) is 4.42. The van der Waals surface area contributed by atoms with E-state index in [1.165, 1.54) is 0 Å². The number of aromatic nitrogens is 3. The zero-order chi connectivity index (χ0) is 11.1. The van der Waals surface area contributed by atoms with Crippen molar-refractivity contribution in [2.75, 3.05) is 6.54 Å². The third-order valence-corrected chi connectivity index (χ3v) is 2.19. The van der Waals surface area contributed by atoms with Crippen molar-refractivity contribution in [3.63, 3.8) is 0 Å². The van der Waals surface area contributed by atoms with Crippen molar-refractivity contribution >= 4 is 0 Å². The first-order chi connectivity index (χ1) is 7.22. The molecule has 0 bridgehead atoms. The summed E-state index contributed by atoms with van der Waals surface area (Å²) in [5, 5.41) is 10.5. The van der Waals surface area contributed by atoms with E-state index in [0.717, 1.165) is 43.9 Å². The Labute approximate surface area is 91.9 Å². The monoisotopic (exact) mass is 210 g/mol. The van der Waals surface area contributed by atoms with Gasteiger partial charge in [0.2, 0.25) is 0 Å². The van der Waals surface area contributed by atoms with Gasteiger partial charge < -0.3 is 5.32 Å². The maximum absolute atomic E-state index is 4.42. The third kappa shape index (κ3) is 4.93. The van der Waals surface area contributed by atoms with Crippen molar-refractivity contribution in [1.82, 2.24) is 20.5 Å². The molecule has 0 aliphatic heterocycles. The molecule has 15 heavy (non-hydrogen) atoms. The maximum Gasteiger partial charge on any atom is 0.150 e. The molecule has 0 aliphatic rings. The lowest BCUT2D eigenvalue weighted by Gasteiger charge is -2.05. The van der Waals surface area contributed by atoms with Gasteiger partial charge >= 0.3 is 0 Å². The number of rotatable bonds is 7. The van der Waals surface area contributed by atoms with Gasteiger partial charge in [0, 0.05) is 18.9 Å². The highest BCUT2D eigenvalue weighted by Crippen LogP contribution is 1.99. The van der Waals surface area contributed by atoms with Crippen molar-refractivity contribution in [3.8, 4) is 0 Å². The van der Waals surface area contributed by atoms with Crippen LogP contribution in [-0.2, 0) is 12.8 Å². The Morgan fingerprint density at radius 2 is 2.13 bits per heavy atom. The maximum atomic E-state index is 4.42. The minimum Gasteiger partial charge on any atom is -0.315 e. The predicted octanol–water partition coefficient (Wildman–Crippen LogP) is 1.69. The predicted molar refractivity (Wildman–Crippen MR) is 61.8 cm³/mol. The number of H-pyrrole nitrogens is 1. The zero-order valence-corrected chi connectivity index (χ0v) is 10.0. The summed E-state index contributed by atoms with van der Waals surface area (Å²) in [6, 6.07) is 0.563. The van der Waals surface area contributed by atoms with Gasteiger partial charge in [0.05, 0.1) is 0 Å². The molecule has 86 valence electrons. The molecular formula is C11H22N4. The van der Waals surface area contributed by atoms with E-state index in [-0.39, 0.29) is 0 Å². The number of aryl methyl sites for hydroxylation is 2. The standard InChI is InChI=1S/C11H22N4/c1-4-6-10-13-11(15-14-10)7-5-8-12-9(2)3/h9,12H,4-8H2,1-3H3,(H,13,14,15). The zero-order valence-electron chi connectivity index (χ0n) is 10.0. The average Bonchev–Trinajstić information content (AvgIpc) is 2.61. The molecule has 0 fully saturated rings. The highest BCUT2D eigenvalue weighted by Gasteiger charge is 2.01. The van der Waals surface area contributed by atoms with E-state index in [4.69, 9.17) is 0 Å². The van der Waals surface area contributed by atoms with Crippen molar-refractivity contribution < 1.29 is 0 Å². The lowest BCUT2D eigenvalue weighted by Crippen LogP contribution is -2.24. The van der Waals surface area contributed by atoms with Crippen LogP contribution in [0.5, 0.6) is 0 Å². The molecule has 0 saturated heterocycles. The lowest BCUT2D eigenvalue weighted by molar-refractivity contribution is 0.566. The van der Waals surface area contributed by atoms with Crippen LogP contribution in [0.15, 0.2) is 0 Å². The molecule has 0 atom stereocenters. The van der Waals surface area contributed by atoms with Crippen LogP contribution in [0.1, 0.15) is 45.3 Å². The van der Waals surface area contributed by atoms with Gasteiger partial charge in [-0.25, -0.2) is 4.98 Å². The van der Waals surface area contributed by atoms with Crippen LogP contribution in [0, 0.1) is 0 Å². The summed E-state index contributed by atoms with van der Waals surface area (Å²) in [6.45, 7) is 7.50. The number of aromatic amines is 1. The minimum atomic E-state index is 0.563. The summed E-state index contributed by atoms with van der Waals surface area (Å²) < 4.78 is 0. The van der Waals surface area contributed by atoms with E-state index >= 15 is 0 Å². The quantitative estimate of drug-likeness (QED) is 0.673. The van der Waals surface area contributed by atoms with Gasteiger partial charge in [-0.15, -0.1) is 0 Å². The minimum absolute atomic E-state index is 0.563. The Hall–Kier alpha value is -0.900. The Morgan fingerprint density at radius 3 is 2.80 bits per heavy atom. The molecule has 1 aromatic heterocycles. The number of nitrogens with one attached hydrogen (secondary N) is 2. The van der Waals surface area contributed by atoms with Crippen LogP contribution < -0.4 is 5.32 Å². The van der Waals surface area contributed by atoms with Gasteiger partial charge in [0.15, 0.2) is 5.82 Å². The van der Waals surface area contributed by atoms with Crippen LogP contribution in [0.25, 0.3) is 0 Å². The van der Waals surface area contributed by atoms with Crippen LogP contribution >= 0.6 is 0 Å². The van der Waals surface area contributed by atoms with E-state index in [9.17, 15) is 0 Å². The Kier molecular flexibility index (Phi) is 5.32. The number of hydrogen-bond acceptors (Lipinski definition) is 3. The van der Waals surface area contributed by atoms with Gasteiger partial charge in [-0.3, -0.25) is 5.10 Å². The van der Waals surface area contributed by atoms with E-state index in [2.05, 4.69) is 41.3 Å². The van der Waals surface area contributed by atoms with E-state index in [1.54, 1.807) is 0 Å². The Bertz CT molecular complexity index is 267. The van der Waals surface area contributed by atoms with Crippen molar-refractivity contribution in [2.45, 2.75) is 52.5 Å². The third-order valence-electron chi connectivity index (χ3n) is 2.19. The van der Waals surface area contributed by atoms with Gasteiger partial charge in [0.25, 0.3) is 0 Å². The lowest BCUT2D eigenvalue weighted by atomic mass is 10.3.